The molecule has 0 bridgehead atoms. The Labute approximate surface area is 107 Å². The summed E-state index contributed by atoms with van der Waals surface area (Å²) in [6, 6.07) is 5.15. The van der Waals surface area contributed by atoms with E-state index in [2.05, 4.69) is 15.6 Å². The van der Waals surface area contributed by atoms with Crippen LogP contribution in [0.5, 0.6) is 0 Å². The summed E-state index contributed by atoms with van der Waals surface area (Å²) < 4.78 is 12.6. The minimum atomic E-state index is -0.809. The third-order valence-electron chi connectivity index (χ3n) is 2.11. The van der Waals surface area contributed by atoms with E-state index in [1.54, 1.807) is 0 Å². The van der Waals surface area contributed by atoms with E-state index in [0.717, 1.165) is 5.75 Å². The fourth-order valence-electron chi connectivity index (χ4n) is 1.29. The van der Waals surface area contributed by atoms with Gasteiger partial charge in [-0.15, -0.1) is 0 Å². The number of benzene rings is 1. The van der Waals surface area contributed by atoms with E-state index in [4.69, 9.17) is 0 Å². The normalized spacial score (nSPS) is 13.9. The number of nitrogens with zero attached hydrogens (tertiary/aromatic N) is 1. The largest absolute Gasteiger partial charge is 0.318 e. The van der Waals surface area contributed by atoms with E-state index in [1.807, 2.05) is 0 Å². The first-order valence-corrected chi connectivity index (χ1v) is 6.19. The average Bonchev–Trinajstić information content (AvgIpc) is 2.85. The number of halogens is 1. The Balaban J connectivity index is 1.90. The van der Waals surface area contributed by atoms with Crippen LogP contribution in [-0.2, 0) is 9.59 Å². The molecule has 0 atom stereocenters. The highest BCUT2D eigenvalue weighted by atomic mass is 32.2. The van der Waals surface area contributed by atoms with Gasteiger partial charge in [-0.25, -0.2) is 4.39 Å². The predicted molar refractivity (Wildman–Crippen MR) is 67.9 cm³/mol. The van der Waals surface area contributed by atoms with Crippen molar-refractivity contribution in [1.29, 1.82) is 0 Å². The molecule has 2 amide bonds. The molecule has 0 spiro atoms. The molecule has 2 N–H and O–H groups in total. The number of anilines is 1. The number of aliphatic imine (C=N–C) groups is 1. The van der Waals surface area contributed by atoms with Gasteiger partial charge in [-0.05, 0) is 24.3 Å². The summed E-state index contributed by atoms with van der Waals surface area (Å²) in [5.41, 5.74) is 0.359. The monoisotopic (exact) mass is 267 g/mol. The highest BCUT2D eigenvalue weighted by Crippen LogP contribution is 2.10. The molecule has 1 aliphatic heterocycles. The van der Waals surface area contributed by atoms with Crippen molar-refractivity contribution in [2.45, 2.75) is 0 Å². The van der Waals surface area contributed by atoms with E-state index in [-0.39, 0.29) is 0 Å². The maximum absolute atomic E-state index is 12.6. The van der Waals surface area contributed by atoms with Gasteiger partial charge >= 0.3 is 11.8 Å². The van der Waals surface area contributed by atoms with Crippen molar-refractivity contribution in [3.8, 4) is 0 Å². The smallest absolute Gasteiger partial charge is 0.315 e. The van der Waals surface area contributed by atoms with E-state index in [1.165, 1.54) is 36.0 Å². The number of rotatable bonds is 1. The molecular formula is C11H10FN3O2S. The number of hydrogen-bond acceptors (Lipinski definition) is 4. The van der Waals surface area contributed by atoms with Crippen LogP contribution in [0, 0.1) is 5.82 Å². The minimum Gasteiger partial charge on any atom is -0.318 e. The number of amidine groups is 1. The Morgan fingerprint density at radius 3 is 2.44 bits per heavy atom. The molecule has 7 heteroatoms. The van der Waals surface area contributed by atoms with Gasteiger partial charge in [-0.2, -0.15) is 0 Å². The molecule has 1 aromatic carbocycles. The van der Waals surface area contributed by atoms with Gasteiger partial charge in [-0.3, -0.25) is 19.9 Å². The van der Waals surface area contributed by atoms with Crippen LogP contribution in [0.1, 0.15) is 0 Å². The highest BCUT2D eigenvalue weighted by molar-refractivity contribution is 8.14. The molecule has 0 unspecified atom stereocenters. The molecule has 18 heavy (non-hydrogen) atoms. The van der Waals surface area contributed by atoms with Gasteiger partial charge in [0.05, 0.1) is 6.54 Å². The first-order valence-electron chi connectivity index (χ1n) is 5.20. The fourth-order valence-corrected chi connectivity index (χ4v) is 2.01. The molecule has 0 aliphatic carbocycles. The molecule has 5 nitrogen and oxygen atoms in total. The molecule has 0 radical (unpaired) electrons. The van der Waals surface area contributed by atoms with E-state index in [9.17, 15) is 14.0 Å². The summed E-state index contributed by atoms with van der Waals surface area (Å²) in [5.74, 6) is -1.20. The molecular weight excluding hydrogens is 257 g/mol. The first-order chi connectivity index (χ1) is 8.65. The maximum Gasteiger partial charge on any atom is 0.315 e. The van der Waals surface area contributed by atoms with Crippen molar-refractivity contribution in [2.24, 2.45) is 4.99 Å². The van der Waals surface area contributed by atoms with Crippen molar-refractivity contribution < 1.29 is 14.0 Å². The van der Waals surface area contributed by atoms with Crippen LogP contribution >= 0.6 is 11.8 Å². The van der Waals surface area contributed by atoms with E-state index >= 15 is 0 Å². The quantitative estimate of drug-likeness (QED) is 0.745. The molecule has 2 rings (SSSR count). The lowest BCUT2D eigenvalue weighted by Gasteiger charge is -2.05. The van der Waals surface area contributed by atoms with Gasteiger partial charge in [0.1, 0.15) is 5.82 Å². The van der Waals surface area contributed by atoms with Crippen molar-refractivity contribution in [2.75, 3.05) is 17.6 Å². The van der Waals surface area contributed by atoms with Crippen LogP contribution < -0.4 is 10.6 Å². The lowest BCUT2D eigenvalue weighted by molar-refractivity contribution is -0.135. The predicted octanol–water partition coefficient (Wildman–Crippen LogP) is 0.983. The second-order valence-corrected chi connectivity index (χ2v) is 4.53. The van der Waals surface area contributed by atoms with Gasteiger partial charge in [0.15, 0.2) is 5.17 Å². The molecule has 1 aliphatic rings. The zero-order valence-electron chi connectivity index (χ0n) is 9.27. The van der Waals surface area contributed by atoms with Crippen LogP contribution in [-0.4, -0.2) is 29.3 Å². The summed E-state index contributed by atoms with van der Waals surface area (Å²) in [6.45, 7) is 0.639. The summed E-state index contributed by atoms with van der Waals surface area (Å²) in [5, 5.41) is 5.21. The molecule has 0 saturated carbocycles. The third-order valence-corrected chi connectivity index (χ3v) is 3.01. The van der Waals surface area contributed by atoms with Gasteiger partial charge in [0, 0.05) is 11.4 Å². The number of hydrogen-bond donors (Lipinski definition) is 2. The Bertz CT molecular complexity index is 502. The second-order valence-electron chi connectivity index (χ2n) is 3.45. The highest BCUT2D eigenvalue weighted by Gasteiger charge is 2.17. The number of thioether (sulfide) groups is 1. The molecule has 94 valence electrons. The van der Waals surface area contributed by atoms with Crippen LogP contribution in [0.2, 0.25) is 0 Å². The van der Waals surface area contributed by atoms with Crippen molar-refractivity contribution in [1.82, 2.24) is 5.32 Å². The van der Waals surface area contributed by atoms with Gasteiger partial charge in [0.2, 0.25) is 0 Å². The number of amides is 2. The maximum atomic E-state index is 12.6. The summed E-state index contributed by atoms with van der Waals surface area (Å²) in [4.78, 5) is 27.0. The van der Waals surface area contributed by atoms with Crippen LogP contribution in [0.15, 0.2) is 29.3 Å². The third kappa shape index (κ3) is 3.30. The molecule has 0 saturated heterocycles. The number of nitrogens with one attached hydrogen (secondary N) is 2. The first kappa shape index (κ1) is 12.6. The Morgan fingerprint density at radius 2 is 1.83 bits per heavy atom. The number of carbonyl (C=O) groups is 2. The van der Waals surface area contributed by atoms with Crippen molar-refractivity contribution in [3.05, 3.63) is 30.1 Å². The fraction of sp³-hybridized carbons (Fsp3) is 0.182. The second kappa shape index (κ2) is 5.63. The summed E-state index contributed by atoms with van der Waals surface area (Å²) in [7, 11) is 0. The Kier molecular flexibility index (Phi) is 3.93. The lowest BCUT2D eigenvalue weighted by Crippen LogP contribution is -2.37. The minimum absolute atomic E-state index is 0.359. The van der Waals surface area contributed by atoms with Crippen LogP contribution in [0.25, 0.3) is 0 Å². The van der Waals surface area contributed by atoms with Crippen molar-refractivity contribution >= 4 is 34.4 Å². The SMILES string of the molecule is O=C(NC1=NCCS1)C(=O)Nc1ccc(F)cc1. The number of carbonyl (C=O) groups excluding carboxylic acids is 2. The Hall–Kier alpha value is -1.89. The van der Waals surface area contributed by atoms with Gasteiger partial charge in [-0.1, -0.05) is 11.8 Å². The molecule has 0 fully saturated rings. The summed E-state index contributed by atoms with van der Waals surface area (Å²) in [6.07, 6.45) is 0. The van der Waals surface area contributed by atoms with Gasteiger partial charge < -0.3 is 5.32 Å². The average molecular weight is 267 g/mol. The topological polar surface area (TPSA) is 70.6 Å². The molecule has 1 aromatic rings. The molecule has 0 aromatic heterocycles. The standard InChI is InChI=1S/C11H10FN3O2S/c12-7-1-3-8(4-2-7)14-9(16)10(17)15-11-13-5-6-18-11/h1-4H,5-6H2,(H,14,16)(H,13,15,17). The van der Waals surface area contributed by atoms with E-state index in [0.29, 0.717) is 17.4 Å². The summed E-state index contributed by atoms with van der Waals surface area (Å²) >= 11 is 1.38. The molecule has 1 heterocycles. The zero-order valence-corrected chi connectivity index (χ0v) is 10.1. The lowest BCUT2D eigenvalue weighted by atomic mass is 10.3. The van der Waals surface area contributed by atoms with Crippen molar-refractivity contribution in [3.63, 3.8) is 0 Å². The van der Waals surface area contributed by atoms with Crippen LogP contribution in [0.3, 0.4) is 0 Å². The zero-order chi connectivity index (χ0) is 13.0. The van der Waals surface area contributed by atoms with Crippen LogP contribution in [0.4, 0.5) is 10.1 Å². The van der Waals surface area contributed by atoms with Gasteiger partial charge in [0.25, 0.3) is 0 Å². The van der Waals surface area contributed by atoms with E-state index < -0.39 is 17.6 Å². The Morgan fingerprint density at radius 1 is 1.17 bits per heavy atom.